The zero-order chi connectivity index (χ0) is 16.3. The maximum atomic E-state index is 2.50. The highest BCUT2D eigenvalue weighted by atomic mass is 14.2. The number of rotatable bonds is 12. The van der Waals surface area contributed by atoms with E-state index in [2.05, 4.69) is 52.0 Å². The molecule has 0 fully saturated rings. The molecule has 0 heterocycles. The normalized spacial score (nSPS) is 22.0. The van der Waals surface area contributed by atoms with Crippen LogP contribution in [0.2, 0.25) is 0 Å². The minimum absolute atomic E-state index is 0.517. The molecule has 1 aliphatic rings. The van der Waals surface area contributed by atoms with Crippen LogP contribution in [0.25, 0.3) is 0 Å². The molecule has 1 aliphatic carbocycles. The van der Waals surface area contributed by atoms with E-state index >= 15 is 0 Å². The average Bonchev–Trinajstić information content (AvgIpc) is 2.91. The molecule has 0 nitrogen and oxygen atoms in total. The Morgan fingerprint density at radius 3 is 2.50 bits per heavy atom. The molecule has 0 aromatic rings. The lowest BCUT2D eigenvalue weighted by atomic mass is 9.83. The quantitative estimate of drug-likeness (QED) is 0.256. The van der Waals surface area contributed by atoms with E-state index in [0.717, 1.165) is 11.8 Å². The number of hydrogen-bond acceptors (Lipinski definition) is 0. The van der Waals surface area contributed by atoms with Crippen molar-refractivity contribution in [3.63, 3.8) is 0 Å². The topological polar surface area (TPSA) is 0 Å². The van der Waals surface area contributed by atoms with Crippen molar-refractivity contribution in [3.05, 3.63) is 24.3 Å². The van der Waals surface area contributed by atoms with Crippen LogP contribution >= 0.6 is 0 Å². The van der Waals surface area contributed by atoms with E-state index in [9.17, 15) is 0 Å². The molecule has 0 unspecified atom stereocenters. The molecule has 0 radical (unpaired) electrons. The zero-order valence-corrected chi connectivity index (χ0v) is 15.7. The Morgan fingerprint density at radius 2 is 1.77 bits per heavy atom. The van der Waals surface area contributed by atoms with Gasteiger partial charge in [-0.1, -0.05) is 90.5 Å². The van der Waals surface area contributed by atoms with Crippen LogP contribution in [0.3, 0.4) is 0 Å². The fraction of sp³-hybridized carbons (Fsp3) is 0.818. The van der Waals surface area contributed by atoms with Crippen molar-refractivity contribution >= 4 is 0 Å². The Morgan fingerprint density at radius 1 is 1.00 bits per heavy atom. The summed E-state index contributed by atoms with van der Waals surface area (Å²) in [6, 6.07) is 0. The lowest BCUT2D eigenvalue weighted by molar-refractivity contribution is 0.306. The summed E-state index contributed by atoms with van der Waals surface area (Å²) in [5.41, 5.74) is 0.517. The summed E-state index contributed by atoms with van der Waals surface area (Å²) >= 11 is 0. The molecule has 0 N–H and O–H groups in total. The molecule has 22 heavy (non-hydrogen) atoms. The largest absolute Gasteiger partial charge is 0.0879 e. The first kappa shape index (κ1) is 19.5. The number of unbranched alkanes of at least 4 members (excludes halogenated alkanes) is 4. The van der Waals surface area contributed by atoms with Gasteiger partial charge >= 0.3 is 0 Å². The summed E-state index contributed by atoms with van der Waals surface area (Å²) in [6.45, 7) is 9.42. The van der Waals surface area contributed by atoms with Crippen LogP contribution in [0.15, 0.2) is 24.3 Å². The third kappa shape index (κ3) is 8.20. The SMILES string of the molecule is CCCCCCC[C@H]1CC=C[C@@H]1/C=C/CCC(C)(C)CCC. The van der Waals surface area contributed by atoms with Crippen molar-refractivity contribution in [1.82, 2.24) is 0 Å². The van der Waals surface area contributed by atoms with Gasteiger partial charge in [-0.25, -0.2) is 0 Å². The second kappa shape index (κ2) is 11.1. The highest BCUT2D eigenvalue weighted by molar-refractivity contribution is 5.09. The standard InChI is InChI=1S/C22H40/c1-5-7-8-9-10-14-20-16-13-17-21(20)15-11-12-19-22(3,4)18-6-2/h11,13,15,17,20-21H,5-10,12,14,16,18-19H2,1-4H3/b15-11+/t20-,21-/m0/s1. The van der Waals surface area contributed by atoms with Gasteiger partial charge in [-0.15, -0.1) is 0 Å². The Balaban J connectivity index is 2.22. The monoisotopic (exact) mass is 304 g/mol. The van der Waals surface area contributed by atoms with E-state index in [1.165, 1.54) is 70.6 Å². The van der Waals surface area contributed by atoms with Gasteiger partial charge < -0.3 is 0 Å². The van der Waals surface area contributed by atoms with Gasteiger partial charge in [0.25, 0.3) is 0 Å². The average molecular weight is 305 g/mol. The highest BCUT2D eigenvalue weighted by Crippen LogP contribution is 2.32. The maximum Gasteiger partial charge on any atom is -0.00222 e. The van der Waals surface area contributed by atoms with Crippen molar-refractivity contribution in [2.24, 2.45) is 17.3 Å². The molecule has 2 atom stereocenters. The predicted octanol–water partition coefficient (Wildman–Crippen LogP) is 7.70. The van der Waals surface area contributed by atoms with Crippen LogP contribution < -0.4 is 0 Å². The molecule has 0 bridgehead atoms. The second-order valence-corrected chi connectivity index (χ2v) is 8.09. The van der Waals surface area contributed by atoms with Gasteiger partial charge in [0.15, 0.2) is 0 Å². The molecule has 0 heteroatoms. The van der Waals surface area contributed by atoms with Gasteiger partial charge in [-0.3, -0.25) is 0 Å². The Kier molecular flexibility index (Phi) is 9.84. The first-order valence-corrected chi connectivity index (χ1v) is 9.92. The van der Waals surface area contributed by atoms with Gasteiger partial charge in [0.2, 0.25) is 0 Å². The third-order valence-corrected chi connectivity index (χ3v) is 5.29. The van der Waals surface area contributed by atoms with Gasteiger partial charge in [0.05, 0.1) is 0 Å². The smallest absolute Gasteiger partial charge is 0.00222 e. The third-order valence-electron chi connectivity index (χ3n) is 5.29. The lowest BCUT2D eigenvalue weighted by Crippen LogP contribution is -2.10. The molecule has 0 saturated carbocycles. The molecule has 0 saturated heterocycles. The van der Waals surface area contributed by atoms with E-state index < -0.39 is 0 Å². The van der Waals surface area contributed by atoms with Crippen LogP contribution in [-0.2, 0) is 0 Å². The summed E-state index contributed by atoms with van der Waals surface area (Å²) < 4.78 is 0. The van der Waals surface area contributed by atoms with Crippen molar-refractivity contribution in [2.75, 3.05) is 0 Å². The van der Waals surface area contributed by atoms with Gasteiger partial charge in [0.1, 0.15) is 0 Å². The van der Waals surface area contributed by atoms with Crippen LogP contribution in [0.5, 0.6) is 0 Å². The Labute approximate surface area is 140 Å². The zero-order valence-electron chi connectivity index (χ0n) is 15.7. The van der Waals surface area contributed by atoms with Gasteiger partial charge in [-0.05, 0) is 49.4 Å². The van der Waals surface area contributed by atoms with Crippen LogP contribution in [0.1, 0.15) is 98.3 Å². The summed E-state index contributed by atoms with van der Waals surface area (Å²) in [5, 5.41) is 0. The highest BCUT2D eigenvalue weighted by Gasteiger charge is 2.20. The van der Waals surface area contributed by atoms with Crippen molar-refractivity contribution in [1.29, 1.82) is 0 Å². The molecule has 128 valence electrons. The Bertz CT molecular complexity index is 321. The number of hydrogen-bond donors (Lipinski definition) is 0. The fourth-order valence-corrected chi connectivity index (χ4v) is 3.80. The molecule has 0 aromatic carbocycles. The first-order valence-electron chi connectivity index (χ1n) is 9.92. The fourth-order valence-electron chi connectivity index (χ4n) is 3.80. The molecular formula is C22H40. The summed E-state index contributed by atoms with van der Waals surface area (Å²) in [5.74, 6) is 1.61. The van der Waals surface area contributed by atoms with E-state index in [4.69, 9.17) is 0 Å². The predicted molar refractivity (Wildman–Crippen MR) is 101 cm³/mol. The Hall–Kier alpha value is -0.520. The van der Waals surface area contributed by atoms with E-state index in [0.29, 0.717) is 5.41 Å². The lowest BCUT2D eigenvalue weighted by Gasteiger charge is -2.23. The molecular weight excluding hydrogens is 264 g/mol. The molecule has 0 aromatic heterocycles. The van der Waals surface area contributed by atoms with Gasteiger partial charge in [0, 0.05) is 0 Å². The maximum absolute atomic E-state index is 2.50. The summed E-state index contributed by atoms with van der Waals surface area (Å²) in [6.07, 6.45) is 24.9. The van der Waals surface area contributed by atoms with Crippen molar-refractivity contribution in [2.45, 2.75) is 98.3 Å². The van der Waals surface area contributed by atoms with E-state index in [-0.39, 0.29) is 0 Å². The van der Waals surface area contributed by atoms with Gasteiger partial charge in [-0.2, -0.15) is 0 Å². The summed E-state index contributed by atoms with van der Waals surface area (Å²) in [4.78, 5) is 0. The first-order chi connectivity index (χ1) is 10.6. The summed E-state index contributed by atoms with van der Waals surface area (Å²) in [7, 11) is 0. The molecule has 1 rings (SSSR count). The van der Waals surface area contributed by atoms with Crippen LogP contribution in [-0.4, -0.2) is 0 Å². The number of allylic oxidation sites excluding steroid dienone is 4. The minimum Gasteiger partial charge on any atom is -0.0879 e. The second-order valence-electron chi connectivity index (χ2n) is 8.09. The van der Waals surface area contributed by atoms with Crippen molar-refractivity contribution < 1.29 is 0 Å². The molecule has 0 aliphatic heterocycles. The van der Waals surface area contributed by atoms with Crippen LogP contribution in [0.4, 0.5) is 0 Å². The molecule has 0 amide bonds. The minimum atomic E-state index is 0.517. The van der Waals surface area contributed by atoms with Crippen molar-refractivity contribution in [3.8, 4) is 0 Å². The molecule has 0 spiro atoms. The van der Waals surface area contributed by atoms with Crippen LogP contribution in [0, 0.1) is 17.3 Å². The van der Waals surface area contributed by atoms with E-state index in [1.54, 1.807) is 0 Å². The van der Waals surface area contributed by atoms with E-state index in [1.807, 2.05) is 0 Å².